The average Bonchev–Trinajstić information content (AvgIpc) is 2.61. The van der Waals surface area contributed by atoms with E-state index >= 15 is 0 Å². The summed E-state index contributed by atoms with van der Waals surface area (Å²) >= 11 is 5.94. The van der Waals surface area contributed by atoms with Crippen molar-refractivity contribution in [1.82, 2.24) is 10.6 Å². The number of benzene rings is 2. The molecule has 2 aromatic carbocycles. The van der Waals surface area contributed by atoms with E-state index in [1.807, 2.05) is 30.3 Å². The highest BCUT2D eigenvalue weighted by Gasteiger charge is 2.38. The lowest BCUT2D eigenvalue weighted by Gasteiger charge is -2.42. The summed E-state index contributed by atoms with van der Waals surface area (Å²) in [6.07, 6.45) is 3.56. The Bertz CT molecular complexity index is 786. The van der Waals surface area contributed by atoms with Gasteiger partial charge >= 0.3 is 0 Å². The van der Waals surface area contributed by atoms with Crippen molar-refractivity contribution >= 4 is 23.4 Å². The van der Waals surface area contributed by atoms with Crippen molar-refractivity contribution < 1.29 is 9.59 Å². The van der Waals surface area contributed by atoms with Crippen LogP contribution in [0.4, 0.5) is 0 Å². The van der Waals surface area contributed by atoms with E-state index in [1.165, 1.54) is 18.9 Å². The summed E-state index contributed by atoms with van der Waals surface area (Å²) in [6, 6.07) is 17.2. The fraction of sp³-hybridized carbons (Fsp3) is 0.364. The van der Waals surface area contributed by atoms with Gasteiger partial charge in [0.2, 0.25) is 11.8 Å². The van der Waals surface area contributed by atoms with Crippen LogP contribution in [0.3, 0.4) is 0 Å². The van der Waals surface area contributed by atoms with Gasteiger partial charge in [-0.1, -0.05) is 60.5 Å². The molecular weight excluding hydrogens is 360 g/mol. The van der Waals surface area contributed by atoms with Gasteiger partial charge in [0.15, 0.2) is 0 Å². The molecule has 0 radical (unpaired) electrons. The number of hydrogen-bond donors (Lipinski definition) is 2. The van der Waals surface area contributed by atoms with Crippen molar-refractivity contribution in [1.29, 1.82) is 0 Å². The summed E-state index contributed by atoms with van der Waals surface area (Å²) in [5.74, 6) is -0.228. The molecule has 0 aromatic heterocycles. The molecule has 1 aliphatic carbocycles. The fourth-order valence-electron chi connectivity index (χ4n) is 3.68. The highest BCUT2D eigenvalue weighted by atomic mass is 35.5. The molecule has 2 aromatic rings. The minimum atomic E-state index is -0.367. The molecule has 1 saturated carbocycles. The first kappa shape index (κ1) is 19.4. The Kier molecular flexibility index (Phi) is 6.17. The second-order valence-corrected chi connectivity index (χ2v) is 7.72. The van der Waals surface area contributed by atoms with Crippen LogP contribution in [-0.4, -0.2) is 18.4 Å². The monoisotopic (exact) mass is 384 g/mol. The Hall–Kier alpha value is -2.33. The van der Waals surface area contributed by atoms with Crippen LogP contribution in [0.25, 0.3) is 0 Å². The van der Waals surface area contributed by atoms with Crippen molar-refractivity contribution in [3.8, 4) is 0 Å². The molecule has 2 N–H and O–H groups in total. The molecule has 0 aliphatic heterocycles. The fourth-order valence-corrected chi connectivity index (χ4v) is 3.81. The SMILES string of the molecule is CC(=O)NC(CC(=O)NCC1(c2ccccc2)CCC1)c1ccc(Cl)cc1. The van der Waals surface area contributed by atoms with Crippen LogP contribution in [0.1, 0.15) is 49.8 Å². The van der Waals surface area contributed by atoms with Crippen LogP contribution in [-0.2, 0) is 15.0 Å². The van der Waals surface area contributed by atoms with Crippen LogP contribution in [0.5, 0.6) is 0 Å². The number of carbonyl (C=O) groups is 2. The van der Waals surface area contributed by atoms with Gasteiger partial charge in [0.1, 0.15) is 0 Å². The molecule has 4 nitrogen and oxygen atoms in total. The zero-order valence-electron chi connectivity index (χ0n) is 15.5. The summed E-state index contributed by atoms with van der Waals surface area (Å²) in [6.45, 7) is 2.09. The largest absolute Gasteiger partial charge is 0.355 e. The second-order valence-electron chi connectivity index (χ2n) is 7.29. The number of rotatable bonds is 7. The standard InChI is InChI=1S/C22H25ClN2O2/c1-16(26)25-20(17-8-10-19(23)11-9-17)14-21(27)24-15-22(12-5-13-22)18-6-3-2-4-7-18/h2-4,6-11,20H,5,12-15H2,1H3,(H,24,27)(H,25,26). The van der Waals surface area contributed by atoms with Gasteiger partial charge in [-0.25, -0.2) is 0 Å². The van der Waals surface area contributed by atoms with Crippen molar-refractivity contribution in [2.45, 2.75) is 44.1 Å². The zero-order valence-corrected chi connectivity index (χ0v) is 16.3. The van der Waals surface area contributed by atoms with Gasteiger partial charge in [-0.15, -0.1) is 0 Å². The maximum atomic E-state index is 12.6. The van der Waals surface area contributed by atoms with E-state index < -0.39 is 0 Å². The first-order chi connectivity index (χ1) is 13.0. The number of amides is 2. The molecule has 142 valence electrons. The Morgan fingerprint density at radius 3 is 2.30 bits per heavy atom. The van der Waals surface area contributed by atoms with Crippen molar-refractivity contribution in [2.24, 2.45) is 0 Å². The zero-order chi connectivity index (χ0) is 19.3. The number of nitrogens with one attached hydrogen (secondary N) is 2. The van der Waals surface area contributed by atoms with Gasteiger partial charge in [-0.05, 0) is 36.1 Å². The van der Waals surface area contributed by atoms with E-state index in [0.29, 0.717) is 11.6 Å². The maximum absolute atomic E-state index is 12.6. The van der Waals surface area contributed by atoms with Gasteiger partial charge in [0, 0.05) is 23.9 Å². The summed E-state index contributed by atoms with van der Waals surface area (Å²) < 4.78 is 0. The quantitative estimate of drug-likeness (QED) is 0.753. The molecule has 3 rings (SSSR count). The number of carbonyl (C=O) groups excluding carboxylic acids is 2. The summed E-state index contributed by atoms with van der Waals surface area (Å²) in [4.78, 5) is 24.2. The molecule has 0 spiro atoms. The van der Waals surface area contributed by atoms with E-state index in [1.54, 1.807) is 12.1 Å². The Balaban J connectivity index is 1.64. The van der Waals surface area contributed by atoms with Crippen molar-refractivity contribution in [2.75, 3.05) is 6.54 Å². The van der Waals surface area contributed by atoms with Gasteiger partial charge in [-0.2, -0.15) is 0 Å². The summed E-state index contributed by atoms with van der Waals surface area (Å²) in [7, 11) is 0. The van der Waals surface area contributed by atoms with Crippen LogP contribution in [0, 0.1) is 0 Å². The first-order valence-electron chi connectivity index (χ1n) is 9.33. The van der Waals surface area contributed by atoms with Crippen LogP contribution >= 0.6 is 11.6 Å². The molecule has 1 aliphatic rings. The van der Waals surface area contributed by atoms with Gasteiger partial charge in [0.05, 0.1) is 12.5 Å². The lowest BCUT2D eigenvalue weighted by molar-refractivity contribution is -0.123. The molecule has 1 atom stereocenters. The predicted molar refractivity (Wildman–Crippen MR) is 108 cm³/mol. The maximum Gasteiger partial charge on any atom is 0.222 e. The third-order valence-electron chi connectivity index (χ3n) is 5.36. The Morgan fingerprint density at radius 1 is 1.07 bits per heavy atom. The molecule has 0 bridgehead atoms. The topological polar surface area (TPSA) is 58.2 Å². The lowest BCUT2D eigenvalue weighted by atomic mass is 9.64. The summed E-state index contributed by atoms with van der Waals surface area (Å²) in [5.41, 5.74) is 2.19. The van der Waals surface area contributed by atoms with Crippen molar-refractivity contribution in [3.63, 3.8) is 0 Å². The molecule has 27 heavy (non-hydrogen) atoms. The van der Waals surface area contributed by atoms with E-state index in [-0.39, 0.29) is 29.7 Å². The van der Waals surface area contributed by atoms with Gasteiger partial charge in [-0.3, -0.25) is 9.59 Å². The van der Waals surface area contributed by atoms with Crippen LogP contribution in [0.2, 0.25) is 5.02 Å². The normalized spacial score (nSPS) is 16.1. The van der Waals surface area contributed by atoms with E-state index in [9.17, 15) is 9.59 Å². The third kappa shape index (κ3) is 4.89. The first-order valence-corrected chi connectivity index (χ1v) is 9.71. The molecule has 1 fully saturated rings. The van der Waals surface area contributed by atoms with Gasteiger partial charge in [0.25, 0.3) is 0 Å². The number of hydrogen-bond acceptors (Lipinski definition) is 2. The lowest BCUT2D eigenvalue weighted by Crippen LogP contribution is -2.46. The van der Waals surface area contributed by atoms with E-state index in [4.69, 9.17) is 11.6 Å². The van der Waals surface area contributed by atoms with E-state index in [0.717, 1.165) is 18.4 Å². The smallest absolute Gasteiger partial charge is 0.222 e. The highest BCUT2D eigenvalue weighted by Crippen LogP contribution is 2.43. The summed E-state index contributed by atoms with van der Waals surface area (Å²) in [5, 5.41) is 6.58. The van der Waals surface area contributed by atoms with Crippen LogP contribution in [0.15, 0.2) is 54.6 Å². The molecule has 1 unspecified atom stereocenters. The van der Waals surface area contributed by atoms with Crippen LogP contribution < -0.4 is 10.6 Å². The predicted octanol–water partition coefficient (Wildman–Crippen LogP) is 4.15. The third-order valence-corrected chi connectivity index (χ3v) is 5.61. The highest BCUT2D eigenvalue weighted by molar-refractivity contribution is 6.30. The second kappa shape index (κ2) is 8.57. The number of halogens is 1. The molecular formula is C22H25ClN2O2. The van der Waals surface area contributed by atoms with Crippen molar-refractivity contribution in [3.05, 3.63) is 70.7 Å². The molecule has 0 heterocycles. The minimum Gasteiger partial charge on any atom is -0.355 e. The van der Waals surface area contributed by atoms with E-state index in [2.05, 4.69) is 22.8 Å². The molecule has 5 heteroatoms. The molecule has 0 saturated heterocycles. The Labute approximate surface area is 165 Å². The Morgan fingerprint density at radius 2 is 1.74 bits per heavy atom. The van der Waals surface area contributed by atoms with Gasteiger partial charge < -0.3 is 10.6 Å². The minimum absolute atomic E-state index is 0.0424. The molecule has 2 amide bonds. The average molecular weight is 385 g/mol.